The molecule has 0 aliphatic rings. The second-order valence-electron chi connectivity index (χ2n) is 6.22. The molecule has 0 saturated carbocycles. The van der Waals surface area contributed by atoms with Gasteiger partial charge < -0.3 is 32.3 Å². The third-order valence-corrected chi connectivity index (χ3v) is 8.84. The van der Waals surface area contributed by atoms with Crippen LogP contribution in [0.3, 0.4) is 0 Å². The van der Waals surface area contributed by atoms with Crippen molar-refractivity contribution in [1.82, 2.24) is 0 Å². The zero-order valence-corrected chi connectivity index (χ0v) is 22.8. The molecular formula is C20H35BrO9P2. The third kappa shape index (κ3) is 8.49. The number of hydrogen-bond donors (Lipinski definition) is 0. The predicted octanol–water partition coefficient (Wildman–Crippen LogP) is 4.41. The highest BCUT2D eigenvalue weighted by atomic mass is 79.9. The number of alkyl halides is 1. The second-order valence-corrected chi connectivity index (χ2v) is 10.8. The fourth-order valence-electron chi connectivity index (χ4n) is 2.77. The summed E-state index contributed by atoms with van der Waals surface area (Å²) in [6.45, 7) is 8.67. The summed E-state index contributed by atoms with van der Waals surface area (Å²) in [5.41, 5.74) is 0.693. The third-order valence-electron chi connectivity index (χ3n) is 3.96. The number of methoxy groups -OCH3 is 1. The Bertz CT molecular complexity index is 704. The summed E-state index contributed by atoms with van der Waals surface area (Å²) < 4.78 is 66.1. The Kier molecular flexibility index (Phi) is 14.5. The highest BCUT2D eigenvalue weighted by Crippen LogP contribution is 2.54. The van der Waals surface area contributed by atoms with Gasteiger partial charge in [0, 0.05) is 12.4 Å². The molecule has 1 aromatic rings. The quantitative estimate of drug-likeness (QED) is 0.147. The summed E-state index contributed by atoms with van der Waals surface area (Å²) in [5, 5.41) is 0.749. The van der Waals surface area contributed by atoms with Crippen LogP contribution in [0.4, 0.5) is 0 Å². The van der Waals surface area contributed by atoms with E-state index >= 15 is 0 Å². The zero-order valence-electron chi connectivity index (χ0n) is 19.5. The van der Waals surface area contributed by atoms with Crippen molar-refractivity contribution in [3.05, 3.63) is 17.7 Å². The Hall–Kier alpha value is -0.280. The van der Waals surface area contributed by atoms with Crippen LogP contribution in [0.25, 0.3) is 0 Å². The number of hydrogen-bond acceptors (Lipinski definition) is 9. The standard InChI is InChI=1S/C20H35BrO9P2/c1-6-27-31(22,28-7-2)18-14-17(16-21)15-19(32(23,29-8-3)30-9-4)20(18)26-13-12-25-11-10-24-5/h14-15H,6-13,16H2,1-5H3. The molecule has 0 saturated heterocycles. The molecule has 0 spiro atoms. The maximum absolute atomic E-state index is 13.7. The Morgan fingerprint density at radius 3 is 1.56 bits per heavy atom. The van der Waals surface area contributed by atoms with Gasteiger partial charge in [-0.05, 0) is 45.4 Å². The van der Waals surface area contributed by atoms with Gasteiger partial charge in [-0.1, -0.05) is 15.9 Å². The van der Waals surface area contributed by atoms with E-state index in [9.17, 15) is 9.13 Å². The van der Waals surface area contributed by atoms with Crippen molar-refractivity contribution in [2.45, 2.75) is 33.0 Å². The molecule has 0 radical (unpaired) electrons. The Morgan fingerprint density at radius 1 is 0.750 bits per heavy atom. The molecule has 0 amide bonds. The SMILES string of the molecule is CCOP(=O)(OCC)c1cc(CBr)cc(P(=O)(OCC)OCC)c1OCCOCCOC. The van der Waals surface area contributed by atoms with Crippen LogP contribution in [-0.4, -0.2) is 60.0 Å². The van der Waals surface area contributed by atoms with E-state index in [0.717, 1.165) is 0 Å². The second kappa shape index (κ2) is 15.6. The van der Waals surface area contributed by atoms with E-state index in [0.29, 0.717) is 24.1 Å². The fourth-order valence-corrected chi connectivity index (χ4v) is 6.76. The van der Waals surface area contributed by atoms with Crippen LogP contribution in [0.1, 0.15) is 33.3 Å². The van der Waals surface area contributed by atoms with Crippen LogP contribution in [-0.2, 0) is 42.0 Å². The van der Waals surface area contributed by atoms with E-state index < -0.39 is 15.2 Å². The van der Waals surface area contributed by atoms with Gasteiger partial charge in [0.05, 0.1) is 46.2 Å². The lowest BCUT2D eigenvalue weighted by molar-refractivity contribution is 0.0546. The van der Waals surface area contributed by atoms with E-state index in [1.807, 2.05) is 0 Å². The molecule has 1 aromatic carbocycles. The Morgan fingerprint density at radius 2 is 1.19 bits per heavy atom. The lowest BCUT2D eigenvalue weighted by atomic mass is 10.2. The first kappa shape index (κ1) is 29.8. The van der Waals surface area contributed by atoms with Crippen LogP contribution >= 0.6 is 31.1 Å². The predicted molar refractivity (Wildman–Crippen MR) is 128 cm³/mol. The van der Waals surface area contributed by atoms with Gasteiger partial charge in [-0.15, -0.1) is 0 Å². The highest BCUT2D eigenvalue weighted by molar-refractivity contribution is 9.08. The molecule has 0 fully saturated rings. The molecule has 0 bridgehead atoms. The van der Waals surface area contributed by atoms with Crippen molar-refractivity contribution in [3.63, 3.8) is 0 Å². The molecule has 0 aliphatic heterocycles. The van der Waals surface area contributed by atoms with Crippen LogP contribution in [0.5, 0.6) is 5.75 Å². The summed E-state index contributed by atoms with van der Waals surface area (Å²) >= 11 is 3.41. The molecule has 0 aliphatic carbocycles. The zero-order chi connectivity index (χ0) is 24.0. The number of rotatable bonds is 18. The van der Waals surface area contributed by atoms with Gasteiger partial charge in [-0.2, -0.15) is 0 Å². The summed E-state index contributed by atoms with van der Waals surface area (Å²) in [7, 11) is -5.99. The van der Waals surface area contributed by atoms with Crippen LogP contribution in [0.2, 0.25) is 0 Å². The van der Waals surface area contributed by atoms with Crippen LogP contribution < -0.4 is 15.3 Å². The van der Waals surface area contributed by atoms with E-state index in [4.69, 9.17) is 32.3 Å². The van der Waals surface area contributed by atoms with E-state index in [-0.39, 0.29) is 56.0 Å². The van der Waals surface area contributed by atoms with E-state index in [2.05, 4.69) is 15.9 Å². The van der Waals surface area contributed by atoms with Crippen molar-refractivity contribution < 1.29 is 41.4 Å². The average molecular weight is 561 g/mol. The van der Waals surface area contributed by atoms with Gasteiger partial charge in [-0.3, -0.25) is 9.13 Å². The van der Waals surface area contributed by atoms with Gasteiger partial charge >= 0.3 is 15.2 Å². The molecule has 12 heteroatoms. The number of ether oxygens (including phenoxy) is 3. The van der Waals surface area contributed by atoms with Gasteiger partial charge in [0.1, 0.15) is 23.0 Å². The van der Waals surface area contributed by atoms with Crippen molar-refractivity contribution in [1.29, 1.82) is 0 Å². The van der Waals surface area contributed by atoms with Gasteiger partial charge in [0.2, 0.25) is 0 Å². The minimum absolute atomic E-state index is 0.0977. The monoisotopic (exact) mass is 560 g/mol. The molecule has 1 rings (SSSR count). The summed E-state index contributed by atoms with van der Waals surface area (Å²) in [6.07, 6.45) is 0. The van der Waals surface area contributed by atoms with Crippen LogP contribution in [0, 0.1) is 0 Å². The normalized spacial score (nSPS) is 12.3. The summed E-state index contributed by atoms with van der Waals surface area (Å²) in [5.74, 6) is 0.0977. The van der Waals surface area contributed by atoms with Gasteiger partial charge in [0.25, 0.3) is 0 Å². The molecule has 186 valence electrons. The summed E-state index contributed by atoms with van der Waals surface area (Å²) in [6, 6.07) is 3.32. The number of benzene rings is 1. The molecule has 0 unspecified atom stereocenters. The molecule has 32 heavy (non-hydrogen) atoms. The Labute approximate surface area is 199 Å². The molecule has 0 atom stereocenters. The maximum atomic E-state index is 13.7. The smallest absolute Gasteiger partial charge is 0.365 e. The average Bonchev–Trinajstić information content (AvgIpc) is 2.76. The van der Waals surface area contributed by atoms with Crippen molar-refractivity contribution >= 4 is 41.7 Å². The first-order valence-corrected chi connectivity index (χ1v) is 14.8. The molecular weight excluding hydrogens is 526 g/mol. The van der Waals surface area contributed by atoms with Gasteiger partial charge in [-0.25, -0.2) is 0 Å². The fraction of sp³-hybridized carbons (Fsp3) is 0.700. The van der Waals surface area contributed by atoms with E-state index in [1.54, 1.807) is 46.9 Å². The highest BCUT2D eigenvalue weighted by Gasteiger charge is 2.39. The minimum Gasteiger partial charge on any atom is -0.489 e. The summed E-state index contributed by atoms with van der Waals surface area (Å²) in [4.78, 5) is 0. The molecule has 0 heterocycles. The molecule has 9 nitrogen and oxygen atoms in total. The van der Waals surface area contributed by atoms with Crippen molar-refractivity contribution in [2.24, 2.45) is 0 Å². The van der Waals surface area contributed by atoms with Crippen molar-refractivity contribution in [2.75, 3.05) is 60.0 Å². The van der Waals surface area contributed by atoms with Gasteiger partial charge in [0.15, 0.2) is 0 Å². The topological polar surface area (TPSA) is 98.8 Å². The van der Waals surface area contributed by atoms with Crippen molar-refractivity contribution in [3.8, 4) is 5.75 Å². The molecule has 0 aromatic heterocycles. The van der Waals surface area contributed by atoms with E-state index in [1.165, 1.54) is 0 Å². The number of halogens is 1. The first-order valence-electron chi connectivity index (χ1n) is 10.6. The lowest BCUT2D eigenvalue weighted by Crippen LogP contribution is -2.26. The van der Waals surface area contributed by atoms with Crippen LogP contribution in [0.15, 0.2) is 12.1 Å². The lowest BCUT2D eigenvalue weighted by Gasteiger charge is -2.26. The maximum Gasteiger partial charge on any atom is 0.365 e. The minimum atomic E-state index is -3.79. The first-order chi connectivity index (χ1) is 15.4. The molecule has 0 N–H and O–H groups in total. The largest absolute Gasteiger partial charge is 0.489 e. The Balaban J connectivity index is 3.60.